The number of pyridine rings is 1. The molecule has 2 aromatic rings. The Bertz CT molecular complexity index is 397. The summed E-state index contributed by atoms with van der Waals surface area (Å²) in [5.74, 6) is 0. The van der Waals surface area contributed by atoms with E-state index in [9.17, 15) is 0 Å². The van der Waals surface area contributed by atoms with Crippen LogP contribution in [0.25, 0.3) is 0 Å². The number of hydrogen-bond acceptors (Lipinski definition) is 3. The molecule has 0 saturated heterocycles. The van der Waals surface area contributed by atoms with Gasteiger partial charge in [0.1, 0.15) is 0 Å². The Morgan fingerprint density at radius 1 is 1.25 bits per heavy atom. The van der Waals surface area contributed by atoms with Crippen LogP contribution in [0.2, 0.25) is 0 Å². The standard InChI is InChI=1S/C13H16N2S/c14-12(10-13-2-1-9-16-13)4-3-11-5-7-15-8-6-11/h1-2,5-9,12H,3-4,10,14H2. The summed E-state index contributed by atoms with van der Waals surface area (Å²) in [6, 6.07) is 8.59. The van der Waals surface area contributed by atoms with Gasteiger partial charge in [-0.05, 0) is 48.4 Å². The lowest BCUT2D eigenvalue weighted by atomic mass is 10.0. The maximum Gasteiger partial charge on any atom is 0.0270 e. The van der Waals surface area contributed by atoms with Crippen molar-refractivity contribution < 1.29 is 0 Å². The van der Waals surface area contributed by atoms with E-state index in [-0.39, 0.29) is 6.04 Å². The van der Waals surface area contributed by atoms with E-state index in [1.54, 1.807) is 11.3 Å². The Kier molecular flexibility index (Phi) is 4.08. The average molecular weight is 232 g/mol. The highest BCUT2D eigenvalue weighted by atomic mass is 32.1. The number of hydrogen-bond donors (Lipinski definition) is 1. The minimum atomic E-state index is 0.256. The van der Waals surface area contributed by atoms with Gasteiger partial charge in [-0.2, -0.15) is 0 Å². The molecule has 16 heavy (non-hydrogen) atoms. The highest BCUT2D eigenvalue weighted by molar-refractivity contribution is 7.09. The van der Waals surface area contributed by atoms with Crippen LogP contribution in [-0.4, -0.2) is 11.0 Å². The van der Waals surface area contributed by atoms with Gasteiger partial charge in [-0.25, -0.2) is 0 Å². The van der Waals surface area contributed by atoms with Crippen LogP contribution < -0.4 is 5.73 Å². The summed E-state index contributed by atoms with van der Waals surface area (Å²) in [5.41, 5.74) is 7.42. The Hall–Kier alpha value is -1.19. The highest BCUT2D eigenvalue weighted by Crippen LogP contribution is 2.12. The molecule has 1 unspecified atom stereocenters. The van der Waals surface area contributed by atoms with Crippen LogP contribution in [0.1, 0.15) is 16.9 Å². The van der Waals surface area contributed by atoms with Gasteiger partial charge in [0.25, 0.3) is 0 Å². The van der Waals surface area contributed by atoms with E-state index in [2.05, 4.69) is 34.6 Å². The molecule has 0 aromatic carbocycles. The predicted octanol–water partition coefficient (Wildman–Crippen LogP) is 2.65. The first kappa shape index (κ1) is 11.3. The molecule has 0 bridgehead atoms. The van der Waals surface area contributed by atoms with Crippen molar-refractivity contribution in [2.45, 2.75) is 25.3 Å². The second-order valence-electron chi connectivity index (χ2n) is 3.94. The smallest absolute Gasteiger partial charge is 0.0270 e. The van der Waals surface area contributed by atoms with Crippen LogP contribution >= 0.6 is 11.3 Å². The number of thiophene rings is 1. The second kappa shape index (κ2) is 5.77. The van der Waals surface area contributed by atoms with Crippen molar-refractivity contribution in [3.05, 3.63) is 52.5 Å². The Labute approximate surface area is 100 Å². The molecule has 2 rings (SSSR count). The molecule has 84 valence electrons. The number of rotatable bonds is 5. The molecular formula is C13H16N2S. The maximum absolute atomic E-state index is 6.10. The van der Waals surface area contributed by atoms with Crippen LogP contribution in [0, 0.1) is 0 Å². The van der Waals surface area contributed by atoms with Gasteiger partial charge < -0.3 is 5.73 Å². The summed E-state index contributed by atoms with van der Waals surface area (Å²) in [6.45, 7) is 0. The number of nitrogens with two attached hydrogens (primary N) is 1. The molecule has 1 atom stereocenters. The van der Waals surface area contributed by atoms with Crippen molar-refractivity contribution >= 4 is 11.3 Å². The molecule has 0 aliphatic heterocycles. The summed E-state index contributed by atoms with van der Waals surface area (Å²) >= 11 is 1.78. The second-order valence-corrected chi connectivity index (χ2v) is 4.97. The summed E-state index contributed by atoms with van der Waals surface area (Å²) in [7, 11) is 0. The quantitative estimate of drug-likeness (QED) is 0.860. The molecule has 0 aliphatic rings. The lowest BCUT2D eigenvalue weighted by Gasteiger charge is -2.09. The molecule has 0 fully saturated rings. The lowest BCUT2D eigenvalue weighted by molar-refractivity contribution is 0.614. The monoisotopic (exact) mass is 232 g/mol. The third-order valence-electron chi connectivity index (χ3n) is 2.60. The average Bonchev–Trinajstić information content (AvgIpc) is 2.81. The van der Waals surface area contributed by atoms with Gasteiger partial charge in [0, 0.05) is 23.3 Å². The van der Waals surface area contributed by atoms with Gasteiger partial charge in [-0.15, -0.1) is 11.3 Å². The molecule has 2 nitrogen and oxygen atoms in total. The highest BCUT2D eigenvalue weighted by Gasteiger charge is 2.05. The largest absolute Gasteiger partial charge is 0.327 e. The van der Waals surface area contributed by atoms with E-state index >= 15 is 0 Å². The van der Waals surface area contributed by atoms with Gasteiger partial charge in [-0.3, -0.25) is 4.98 Å². The fourth-order valence-electron chi connectivity index (χ4n) is 1.69. The fourth-order valence-corrected chi connectivity index (χ4v) is 2.49. The molecule has 0 spiro atoms. The van der Waals surface area contributed by atoms with Crippen molar-refractivity contribution in [3.8, 4) is 0 Å². The van der Waals surface area contributed by atoms with Crippen LogP contribution in [-0.2, 0) is 12.8 Å². The van der Waals surface area contributed by atoms with Crippen LogP contribution in [0.4, 0.5) is 0 Å². The molecule has 3 heteroatoms. The van der Waals surface area contributed by atoms with E-state index in [1.807, 2.05) is 12.4 Å². The van der Waals surface area contributed by atoms with Crippen molar-refractivity contribution in [1.29, 1.82) is 0 Å². The van der Waals surface area contributed by atoms with E-state index in [0.717, 1.165) is 19.3 Å². The number of aryl methyl sites for hydroxylation is 1. The molecule has 0 saturated carbocycles. The van der Waals surface area contributed by atoms with Crippen LogP contribution in [0.15, 0.2) is 42.0 Å². The first-order valence-corrected chi connectivity index (χ1v) is 6.39. The lowest BCUT2D eigenvalue weighted by Crippen LogP contribution is -2.23. The fraction of sp³-hybridized carbons (Fsp3) is 0.308. The van der Waals surface area contributed by atoms with Gasteiger partial charge in [0.05, 0.1) is 0 Å². The third-order valence-corrected chi connectivity index (χ3v) is 3.50. The summed E-state index contributed by atoms with van der Waals surface area (Å²) < 4.78 is 0. The van der Waals surface area contributed by atoms with Crippen LogP contribution in [0.5, 0.6) is 0 Å². The minimum Gasteiger partial charge on any atom is -0.327 e. The minimum absolute atomic E-state index is 0.256. The summed E-state index contributed by atoms with van der Waals surface area (Å²) in [6.07, 6.45) is 6.72. The van der Waals surface area contributed by atoms with Crippen molar-refractivity contribution in [2.24, 2.45) is 5.73 Å². The zero-order chi connectivity index (χ0) is 11.2. The van der Waals surface area contributed by atoms with Crippen molar-refractivity contribution in [3.63, 3.8) is 0 Å². The summed E-state index contributed by atoms with van der Waals surface area (Å²) in [5, 5.41) is 2.10. The van der Waals surface area contributed by atoms with Gasteiger partial charge in [-0.1, -0.05) is 6.07 Å². The molecule has 0 amide bonds. The summed E-state index contributed by atoms with van der Waals surface area (Å²) in [4.78, 5) is 5.38. The molecule has 2 aromatic heterocycles. The topological polar surface area (TPSA) is 38.9 Å². The van der Waals surface area contributed by atoms with E-state index < -0.39 is 0 Å². The van der Waals surface area contributed by atoms with E-state index in [1.165, 1.54) is 10.4 Å². The molecular weight excluding hydrogens is 216 g/mol. The first-order valence-electron chi connectivity index (χ1n) is 5.51. The van der Waals surface area contributed by atoms with Crippen LogP contribution in [0.3, 0.4) is 0 Å². The maximum atomic E-state index is 6.10. The van der Waals surface area contributed by atoms with Gasteiger partial charge >= 0.3 is 0 Å². The third kappa shape index (κ3) is 3.43. The molecule has 2 heterocycles. The van der Waals surface area contributed by atoms with Gasteiger partial charge in [0.2, 0.25) is 0 Å². The Balaban J connectivity index is 1.78. The predicted molar refractivity (Wildman–Crippen MR) is 68.6 cm³/mol. The van der Waals surface area contributed by atoms with Crippen molar-refractivity contribution in [2.75, 3.05) is 0 Å². The van der Waals surface area contributed by atoms with E-state index in [0.29, 0.717) is 0 Å². The molecule has 2 N–H and O–H groups in total. The zero-order valence-corrected chi connectivity index (χ0v) is 9.99. The molecule has 0 radical (unpaired) electrons. The Morgan fingerprint density at radius 2 is 2.06 bits per heavy atom. The number of nitrogens with zero attached hydrogens (tertiary/aromatic N) is 1. The first-order chi connectivity index (χ1) is 7.84. The van der Waals surface area contributed by atoms with E-state index in [4.69, 9.17) is 5.73 Å². The SMILES string of the molecule is NC(CCc1ccncc1)Cc1cccs1. The Morgan fingerprint density at radius 3 is 2.75 bits per heavy atom. The zero-order valence-electron chi connectivity index (χ0n) is 9.17. The molecule has 0 aliphatic carbocycles. The van der Waals surface area contributed by atoms with Crippen molar-refractivity contribution in [1.82, 2.24) is 4.98 Å². The normalized spacial score (nSPS) is 12.6. The van der Waals surface area contributed by atoms with Gasteiger partial charge in [0.15, 0.2) is 0 Å². The number of aromatic nitrogens is 1.